The average Bonchev–Trinajstić information content (AvgIpc) is 3.84. The first-order valence-electron chi connectivity index (χ1n) is 18.8. The van der Waals surface area contributed by atoms with Crippen molar-refractivity contribution in [2.75, 3.05) is 68.8 Å². The number of piperidine rings is 2. The van der Waals surface area contributed by atoms with Crippen LogP contribution in [-0.2, 0) is 11.6 Å². The number of halogens is 1. The number of rotatable bonds is 10. The van der Waals surface area contributed by atoms with Crippen molar-refractivity contribution in [3.63, 3.8) is 0 Å². The molecule has 15 heteroatoms. The molecule has 2 fully saturated rings. The summed E-state index contributed by atoms with van der Waals surface area (Å²) in [6, 6.07) is 9.84. The zero-order chi connectivity index (χ0) is 38.5. The summed E-state index contributed by atoms with van der Waals surface area (Å²) in [4.78, 5) is 26.8. The molecular formula is C40H49FN11O2P. The zero-order valence-corrected chi connectivity index (χ0v) is 33.3. The lowest BCUT2D eigenvalue weighted by Crippen LogP contribution is -2.53. The Morgan fingerprint density at radius 3 is 2.42 bits per heavy atom. The van der Waals surface area contributed by atoms with Gasteiger partial charge in [-0.2, -0.15) is 15.1 Å². The number of fused-ring (bicyclic) bond motifs is 2. The van der Waals surface area contributed by atoms with Crippen LogP contribution in [0.2, 0.25) is 0 Å². The lowest BCUT2D eigenvalue weighted by molar-refractivity contribution is 0.0112. The van der Waals surface area contributed by atoms with Gasteiger partial charge in [-0.1, -0.05) is 0 Å². The van der Waals surface area contributed by atoms with Crippen molar-refractivity contribution >= 4 is 63.3 Å². The molecule has 13 nitrogen and oxygen atoms in total. The van der Waals surface area contributed by atoms with E-state index in [2.05, 4.69) is 52.6 Å². The first kappa shape index (κ1) is 36.9. The van der Waals surface area contributed by atoms with Crippen LogP contribution in [0.25, 0.3) is 33.2 Å². The van der Waals surface area contributed by atoms with Crippen LogP contribution in [0.15, 0.2) is 61.3 Å². The number of hydrogen-bond donors (Lipinski definition) is 3. The summed E-state index contributed by atoms with van der Waals surface area (Å²) in [6.07, 6.45) is 13.3. The van der Waals surface area contributed by atoms with E-state index in [4.69, 9.17) is 14.7 Å². The second-order valence-corrected chi connectivity index (χ2v) is 19.2. The molecule has 288 valence electrons. The Hall–Kier alpha value is -5.07. The maximum Gasteiger partial charge on any atom is 0.231 e. The third kappa shape index (κ3) is 7.13. The number of benzene rings is 2. The fraction of sp³-hybridized carbons (Fsp3) is 0.425. The molecule has 3 N–H and O–H groups in total. The highest BCUT2D eigenvalue weighted by atomic mass is 31.2. The molecule has 2 aliphatic heterocycles. The molecule has 0 amide bonds. The highest BCUT2D eigenvalue weighted by Gasteiger charge is 2.41. The maximum absolute atomic E-state index is 13.8. The lowest BCUT2D eigenvalue weighted by atomic mass is 9.70. The molecule has 6 aromatic rings. The van der Waals surface area contributed by atoms with E-state index in [0.29, 0.717) is 50.9 Å². The van der Waals surface area contributed by atoms with E-state index >= 15 is 0 Å². The van der Waals surface area contributed by atoms with Crippen LogP contribution in [0.5, 0.6) is 5.75 Å². The van der Waals surface area contributed by atoms with Crippen LogP contribution in [-0.4, -0.2) is 98.4 Å². The average molecular weight is 766 g/mol. The third-order valence-electron chi connectivity index (χ3n) is 11.6. The number of nitrogens with one attached hydrogen (secondary N) is 3. The lowest BCUT2D eigenvalue weighted by Gasteiger charge is -2.50. The molecule has 0 unspecified atom stereocenters. The number of alkyl halides is 1. The molecule has 0 saturated carbocycles. The smallest absolute Gasteiger partial charge is 0.231 e. The summed E-state index contributed by atoms with van der Waals surface area (Å²) in [5.74, 6) is 1.54. The minimum absolute atomic E-state index is 0.283. The number of aromatic amines is 1. The van der Waals surface area contributed by atoms with E-state index in [1.165, 1.54) is 0 Å². The summed E-state index contributed by atoms with van der Waals surface area (Å²) < 4.78 is 35.3. The van der Waals surface area contributed by atoms with Crippen molar-refractivity contribution in [3.05, 3.63) is 61.3 Å². The molecule has 2 aromatic carbocycles. The molecule has 4 aromatic heterocycles. The van der Waals surface area contributed by atoms with Gasteiger partial charge in [-0.3, -0.25) is 19.5 Å². The summed E-state index contributed by atoms with van der Waals surface area (Å²) in [5.41, 5.74) is 6.21. The minimum Gasteiger partial charge on any atom is -0.494 e. The fourth-order valence-electron chi connectivity index (χ4n) is 8.29. The van der Waals surface area contributed by atoms with E-state index in [0.717, 1.165) is 74.1 Å². The molecule has 0 aliphatic carbocycles. The number of aryl methyl sites for hydroxylation is 1. The van der Waals surface area contributed by atoms with E-state index < -0.39 is 12.7 Å². The predicted octanol–water partition coefficient (Wildman–Crippen LogP) is 7.48. The van der Waals surface area contributed by atoms with Crippen molar-refractivity contribution < 1.29 is 13.7 Å². The number of H-pyrrole nitrogens is 1. The normalized spacial score (nSPS) is 16.6. The van der Waals surface area contributed by atoms with Crippen molar-refractivity contribution in [1.82, 2.24) is 39.6 Å². The largest absolute Gasteiger partial charge is 0.494 e. The molecule has 0 radical (unpaired) electrons. The Bertz CT molecular complexity index is 2400. The molecule has 6 heterocycles. The Morgan fingerprint density at radius 2 is 1.73 bits per heavy atom. The van der Waals surface area contributed by atoms with Crippen LogP contribution in [0.4, 0.5) is 33.2 Å². The van der Waals surface area contributed by atoms with E-state index in [9.17, 15) is 8.96 Å². The Balaban J connectivity index is 1.11. The van der Waals surface area contributed by atoms with Crippen molar-refractivity contribution in [1.29, 1.82) is 0 Å². The maximum atomic E-state index is 13.8. The van der Waals surface area contributed by atoms with E-state index in [1.54, 1.807) is 32.8 Å². The summed E-state index contributed by atoms with van der Waals surface area (Å²) in [5, 5.41) is 12.8. The first-order chi connectivity index (χ1) is 26.4. The fourth-order valence-corrected chi connectivity index (χ4v) is 9.68. The van der Waals surface area contributed by atoms with Gasteiger partial charge in [0.2, 0.25) is 5.95 Å². The van der Waals surface area contributed by atoms with Gasteiger partial charge < -0.3 is 29.8 Å². The third-order valence-corrected chi connectivity index (χ3v) is 13.1. The van der Waals surface area contributed by atoms with Gasteiger partial charge in [0.25, 0.3) is 0 Å². The molecule has 2 saturated heterocycles. The minimum atomic E-state index is -2.80. The van der Waals surface area contributed by atoms with Gasteiger partial charge >= 0.3 is 0 Å². The van der Waals surface area contributed by atoms with Gasteiger partial charge in [-0.25, -0.2) is 4.39 Å². The van der Waals surface area contributed by atoms with Gasteiger partial charge in [0, 0.05) is 73.3 Å². The zero-order valence-electron chi connectivity index (χ0n) is 32.4. The van der Waals surface area contributed by atoms with E-state index in [-0.39, 0.29) is 12.1 Å². The molecule has 55 heavy (non-hydrogen) atoms. The van der Waals surface area contributed by atoms with Gasteiger partial charge in [-0.15, -0.1) is 0 Å². The molecule has 1 spiro atoms. The van der Waals surface area contributed by atoms with Crippen LogP contribution < -0.4 is 25.6 Å². The second-order valence-electron chi connectivity index (χ2n) is 16.0. The monoisotopic (exact) mass is 765 g/mol. The van der Waals surface area contributed by atoms with Gasteiger partial charge in [0.15, 0.2) is 0 Å². The van der Waals surface area contributed by atoms with Gasteiger partial charge in [-0.05, 0) is 95.6 Å². The van der Waals surface area contributed by atoms with Crippen molar-refractivity contribution in [2.24, 2.45) is 12.5 Å². The van der Waals surface area contributed by atoms with Crippen LogP contribution >= 0.6 is 7.14 Å². The number of aromatic nitrogens is 7. The number of likely N-dealkylation sites (tertiary alicyclic amines) is 1. The van der Waals surface area contributed by atoms with Crippen molar-refractivity contribution in [2.45, 2.75) is 45.1 Å². The number of nitrogens with zero attached hydrogens (tertiary/aromatic N) is 8. The van der Waals surface area contributed by atoms with Crippen LogP contribution in [0.3, 0.4) is 0 Å². The standard InChI is InChI=1S/C40H49FN11O2P/c1-39(2,25-41)52-19-12-40(13-20-52)10-17-51(18-11-40)32-22-33(54-4)31(21-28(32)26-23-45-50(3)24-26)47-38-48-36-27(9-14-44-36)37(49-38)46-30-8-7-29-34(43-16-15-42-29)35(30)55(5,6)53/h7-9,14-16,21-24H,10-13,17-20,25H2,1-6H3,(H3,44,46,47,48,49). The number of hydrogen-bond acceptors (Lipinski definition) is 11. The Kier molecular flexibility index (Phi) is 9.53. The molecule has 2 aliphatic rings. The highest BCUT2D eigenvalue weighted by molar-refractivity contribution is 7.71. The topological polar surface area (TPSA) is 142 Å². The summed E-state index contributed by atoms with van der Waals surface area (Å²) in [7, 11) is 0.789. The predicted molar refractivity (Wildman–Crippen MR) is 219 cm³/mol. The molecule has 8 rings (SSSR count). The highest BCUT2D eigenvalue weighted by Crippen LogP contribution is 2.47. The molecule has 0 bridgehead atoms. The van der Waals surface area contributed by atoms with Crippen LogP contribution in [0.1, 0.15) is 39.5 Å². The van der Waals surface area contributed by atoms with Gasteiger partial charge in [0.1, 0.15) is 36.5 Å². The Labute approximate surface area is 320 Å². The van der Waals surface area contributed by atoms with E-state index in [1.807, 2.05) is 62.4 Å². The Morgan fingerprint density at radius 1 is 0.982 bits per heavy atom. The second kappa shape index (κ2) is 14.2. The number of methoxy groups -OCH3 is 1. The van der Waals surface area contributed by atoms with Gasteiger partial charge in [0.05, 0.1) is 40.9 Å². The SMILES string of the molecule is COc1cc(N2CCC3(CC2)CCN(C(C)(C)CF)CC3)c(-c2cnn(C)c2)cc1Nc1nc(Nc2ccc3nccnc3c2P(C)(C)=O)c2cc[nH]c2n1. The first-order valence-corrected chi connectivity index (χ1v) is 21.4. The summed E-state index contributed by atoms with van der Waals surface area (Å²) >= 11 is 0. The van der Waals surface area contributed by atoms with Crippen molar-refractivity contribution in [3.8, 4) is 16.9 Å². The molecular weight excluding hydrogens is 716 g/mol. The summed E-state index contributed by atoms with van der Waals surface area (Å²) in [6.45, 7) is 10.9. The van der Waals surface area contributed by atoms with Crippen LogP contribution in [0, 0.1) is 5.41 Å². The number of anilines is 5. The number of ether oxygens (including phenoxy) is 1. The quantitative estimate of drug-likeness (QED) is 0.120. The molecule has 0 atom stereocenters.